The summed E-state index contributed by atoms with van der Waals surface area (Å²) < 4.78 is 7.23. The second-order valence-electron chi connectivity index (χ2n) is 3.76. The minimum atomic E-state index is 0.404. The molecule has 0 aliphatic rings. The topological polar surface area (TPSA) is 82.8 Å². The Hall–Kier alpha value is -1.92. The van der Waals surface area contributed by atoms with E-state index in [9.17, 15) is 0 Å². The molecule has 2 aromatic heterocycles. The molecule has 6 nitrogen and oxygen atoms in total. The van der Waals surface area contributed by atoms with Gasteiger partial charge >= 0.3 is 0 Å². The van der Waals surface area contributed by atoms with Crippen LogP contribution < -0.4 is 5.73 Å². The third kappa shape index (κ3) is 1.85. The lowest BCUT2D eigenvalue weighted by molar-refractivity contribution is 0.598. The number of nitrogens with two attached hydrogens (primary N) is 1. The maximum atomic E-state index is 6.02. The SMILES string of the molecule is NCCn1cc(-c2nc3cccc(Cl)c3o2)nn1. The van der Waals surface area contributed by atoms with Crippen LogP contribution in [0.3, 0.4) is 0 Å². The fraction of sp³-hybridized carbons (Fsp3) is 0.182. The van der Waals surface area contributed by atoms with Gasteiger partial charge in [-0.15, -0.1) is 5.10 Å². The number of nitrogens with zero attached hydrogens (tertiary/aromatic N) is 4. The van der Waals surface area contributed by atoms with Crippen LogP contribution >= 0.6 is 11.6 Å². The molecule has 0 saturated heterocycles. The van der Waals surface area contributed by atoms with E-state index in [1.54, 1.807) is 16.9 Å². The highest BCUT2D eigenvalue weighted by Gasteiger charge is 2.13. The molecular formula is C11H10ClN5O. The van der Waals surface area contributed by atoms with Gasteiger partial charge in [0.05, 0.1) is 17.8 Å². The molecule has 2 heterocycles. The van der Waals surface area contributed by atoms with Crippen molar-refractivity contribution in [3.63, 3.8) is 0 Å². The quantitative estimate of drug-likeness (QED) is 0.778. The molecule has 0 bridgehead atoms. The highest BCUT2D eigenvalue weighted by Crippen LogP contribution is 2.27. The van der Waals surface area contributed by atoms with Crippen molar-refractivity contribution in [3.05, 3.63) is 29.4 Å². The number of hydrogen-bond donors (Lipinski definition) is 1. The first-order valence-corrected chi connectivity index (χ1v) is 5.81. The van der Waals surface area contributed by atoms with Crippen molar-refractivity contribution in [3.8, 4) is 11.6 Å². The van der Waals surface area contributed by atoms with Gasteiger partial charge in [0.25, 0.3) is 0 Å². The van der Waals surface area contributed by atoms with Crippen LogP contribution in [0.15, 0.2) is 28.8 Å². The lowest BCUT2D eigenvalue weighted by Gasteiger charge is -1.92. The van der Waals surface area contributed by atoms with Gasteiger partial charge in [0.1, 0.15) is 5.52 Å². The predicted octanol–water partition coefficient (Wildman–Crippen LogP) is 1.70. The highest BCUT2D eigenvalue weighted by molar-refractivity contribution is 6.34. The minimum absolute atomic E-state index is 0.404. The number of benzene rings is 1. The van der Waals surface area contributed by atoms with Crippen LogP contribution in [-0.2, 0) is 6.54 Å². The van der Waals surface area contributed by atoms with E-state index in [1.807, 2.05) is 12.1 Å². The summed E-state index contributed by atoms with van der Waals surface area (Å²) >= 11 is 6.02. The average Bonchev–Trinajstić information content (AvgIpc) is 2.96. The summed E-state index contributed by atoms with van der Waals surface area (Å²) in [5.74, 6) is 0.404. The summed E-state index contributed by atoms with van der Waals surface area (Å²) in [6.07, 6.45) is 1.74. The number of oxazole rings is 1. The molecule has 3 rings (SSSR count). The van der Waals surface area contributed by atoms with Gasteiger partial charge in [0.15, 0.2) is 11.3 Å². The lowest BCUT2D eigenvalue weighted by atomic mass is 10.3. The minimum Gasteiger partial charge on any atom is -0.433 e. The van der Waals surface area contributed by atoms with Crippen LogP contribution in [0, 0.1) is 0 Å². The first kappa shape index (κ1) is 11.2. The second kappa shape index (κ2) is 4.40. The molecule has 2 N–H and O–H groups in total. The van der Waals surface area contributed by atoms with E-state index in [0.717, 1.165) is 0 Å². The molecule has 0 radical (unpaired) electrons. The largest absolute Gasteiger partial charge is 0.433 e. The van der Waals surface area contributed by atoms with Crippen LogP contribution in [0.5, 0.6) is 0 Å². The van der Waals surface area contributed by atoms with Crippen LogP contribution in [0.2, 0.25) is 5.02 Å². The van der Waals surface area contributed by atoms with Crippen molar-refractivity contribution in [2.75, 3.05) is 6.54 Å². The molecule has 0 saturated carbocycles. The maximum absolute atomic E-state index is 6.02. The zero-order valence-electron chi connectivity index (χ0n) is 9.38. The Bertz CT molecular complexity index is 690. The standard InChI is InChI=1S/C11H10ClN5O/c12-7-2-1-3-8-10(7)18-11(14-8)9-6-17(5-4-13)16-15-9/h1-3,6H,4-5,13H2. The fourth-order valence-corrected chi connectivity index (χ4v) is 1.87. The third-order valence-electron chi connectivity index (χ3n) is 2.48. The third-order valence-corrected chi connectivity index (χ3v) is 2.78. The van der Waals surface area contributed by atoms with Crippen LogP contribution in [0.4, 0.5) is 0 Å². The van der Waals surface area contributed by atoms with Gasteiger partial charge in [0.2, 0.25) is 5.89 Å². The van der Waals surface area contributed by atoms with E-state index in [-0.39, 0.29) is 0 Å². The van der Waals surface area contributed by atoms with E-state index in [2.05, 4.69) is 15.3 Å². The van der Waals surface area contributed by atoms with Gasteiger partial charge < -0.3 is 10.2 Å². The molecule has 0 unspecified atom stereocenters. The number of rotatable bonds is 3. The summed E-state index contributed by atoms with van der Waals surface area (Å²) in [5.41, 5.74) is 7.27. The van der Waals surface area contributed by atoms with E-state index in [1.165, 1.54) is 0 Å². The second-order valence-corrected chi connectivity index (χ2v) is 4.17. The van der Waals surface area contributed by atoms with E-state index in [4.69, 9.17) is 21.8 Å². The van der Waals surface area contributed by atoms with Gasteiger partial charge in [-0.3, -0.25) is 4.68 Å². The molecule has 1 aromatic carbocycles. The number of para-hydroxylation sites is 1. The molecule has 0 fully saturated rings. The highest BCUT2D eigenvalue weighted by atomic mass is 35.5. The van der Waals surface area contributed by atoms with Gasteiger partial charge in [-0.05, 0) is 12.1 Å². The molecular weight excluding hydrogens is 254 g/mol. The first-order chi connectivity index (χ1) is 8.78. The number of aromatic nitrogens is 4. The summed E-state index contributed by atoms with van der Waals surface area (Å²) in [6.45, 7) is 1.11. The lowest BCUT2D eigenvalue weighted by Crippen LogP contribution is -2.10. The molecule has 18 heavy (non-hydrogen) atoms. The zero-order valence-corrected chi connectivity index (χ0v) is 10.1. The number of halogens is 1. The maximum Gasteiger partial charge on any atom is 0.249 e. The molecule has 0 amide bonds. The fourth-order valence-electron chi connectivity index (χ4n) is 1.66. The van der Waals surface area contributed by atoms with Gasteiger partial charge in [-0.25, -0.2) is 4.98 Å². The Balaban J connectivity index is 2.05. The summed E-state index contributed by atoms with van der Waals surface area (Å²) in [5, 5.41) is 8.44. The van der Waals surface area contributed by atoms with Crippen LogP contribution in [-0.4, -0.2) is 26.5 Å². The number of hydrogen-bond acceptors (Lipinski definition) is 5. The Morgan fingerprint density at radius 1 is 1.39 bits per heavy atom. The van der Waals surface area contributed by atoms with Crippen LogP contribution in [0.1, 0.15) is 0 Å². The molecule has 0 aliphatic heterocycles. The van der Waals surface area contributed by atoms with E-state index >= 15 is 0 Å². The Morgan fingerprint density at radius 3 is 3.06 bits per heavy atom. The van der Waals surface area contributed by atoms with E-state index in [0.29, 0.717) is 40.8 Å². The van der Waals surface area contributed by atoms with Crippen molar-refractivity contribution < 1.29 is 4.42 Å². The van der Waals surface area contributed by atoms with Crippen LogP contribution in [0.25, 0.3) is 22.7 Å². The van der Waals surface area contributed by atoms with Crippen molar-refractivity contribution in [2.45, 2.75) is 6.54 Å². The predicted molar refractivity (Wildman–Crippen MR) is 67.1 cm³/mol. The Labute approximate surface area is 107 Å². The van der Waals surface area contributed by atoms with Crippen molar-refractivity contribution in [2.24, 2.45) is 5.73 Å². The summed E-state index contributed by atoms with van der Waals surface area (Å²) in [6, 6.07) is 5.41. The normalized spacial score (nSPS) is 11.2. The first-order valence-electron chi connectivity index (χ1n) is 5.43. The number of fused-ring (bicyclic) bond motifs is 1. The van der Waals surface area contributed by atoms with Crippen molar-refractivity contribution >= 4 is 22.7 Å². The molecule has 92 valence electrons. The zero-order chi connectivity index (χ0) is 12.5. The average molecular weight is 264 g/mol. The molecule has 0 atom stereocenters. The molecule has 7 heteroatoms. The Kier molecular flexibility index (Phi) is 2.73. The van der Waals surface area contributed by atoms with Gasteiger partial charge in [-0.1, -0.05) is 22.9 Å². The summed E-state index contributed by atoms with van der Waals surface area (Å²) in [7, 11) is 0. The van der Waals surface area contributed by atoms with Crippen molar-refractivity contribution in [1.29, 1.82) is 0 Å². The van der Waals surface area contributed by atoms with Gasteiger partial charge in [0, 0.05) is 6.54 Å². The van der Waals surface area contributed by atoms with E-state index < -0.39 is 0 Å². The van der Waals surface area contributed by atoms with Gasteiger partial charge in [-0.2, -0.15) is 0 Å². The summed E-state index contributed by atoms with van der Waals surface area (Å²) in [4.78, 5) is 4.32. The van der Waals surface area contributed by atoms with Crippen molar-refractivity contribution in [1.82, 2.24) is 20.0 Å². The Morgan fingerprint density at radius 2 is 2.28 bits per heavy atom. The molecule has 0 aliphatic carbocycles. The monoisotopic (exact) mass is 263 g/mol. The smallest absolute Gasteiger partial charge is 0.249 e. The molecule has 3 aromatic rings. The molecule has 0 spiro atoms.